The summed E-state index contributed by atoms with van der Waals surface area (Å²) < 4.78 is 0. The summed E-state index contributed by atoms with van der Waals surface area (Å²) in [6.07, 6.45) is 4.75. The molecule has 1 aliphatic rings. The van der Waals surface area contributed by atoms with Crippen molar-refractivity contribution in [3.8, 4) is 0 Å². The summed E-state index contributed by atoms with van der Waals surface area (Å²) >= 11 is 0. The van der Waals surface area contributed by atoms with Crippen molar-refractivity contribution < 1.29 is 0 Å². The molecule has 1 atom stereocenters. The van der Waals surface area contributed by atoms with Crippen LogP contribution in [0.4, 0.5) is 0 Å². The minimum absolute atomic E-state index is 0.317. The van der Waals surface area contributed by atoms with E-state index in [2.05, 4.69) is 53.5 Å². The molecule has 21 heavy (non-hydrogen) atoms. The third-order valence-corrected chi connectivity index (χ3v) is 4.63. The SMILES string of the molecule is NC1(c2cccc3cccnc23)CCc2ccccc2C1. The van der Waals surface area contributed by atoms with Crippen molar-refractivity contribution in [2.24, 2.45) is 5.73 Å². The summed E-state index contributed by atoms with van der Waals surface area (Å²) in [5.74, 6) is 0. The fraction of sp³-hybridized carbons (Fsp3) is 0.211. The van der Waals surface area contributed by atoms with Crippen molar-refractivity contribution in [2.45, 2.75) is 24.8 Å². The maximum atomic E-state index is 6.82. The molecule has 2 N–H and O–H groups in total. The topological polar surface area (TPSA) is 38.9 Å². The summed E-state index contributed by atoms with van der Waals surface area (Å²) in [5, 5.41) is 1.17. The van der Waals surface area contributed by atoms with Crippen LogP contribution in [-0.4, -0.2) is 4.98 Å². The van der Waals surface area contributed by atoms with Crippen LogP contribution in [0.2, 0.25) is 0 Å². The Morgan fingerprint density at radius 2 is 1.71 bits per heavy atom. The van der Waals surface area contributed by atoms with E-state index in [9.17, 15) is 0 Å². The second kappa shape index (κ2) is 4.68. The first kappa shape index (κ1) is 12.5. The van der Waals surface area contributed by atoms with Crippen LogP contribution in [0, 0.1) is 0 Å². The van der Waals surface area contributed by atoms with Crippen LogP contribution in [0.25, 0.3) is 10.9 Å². The molecule has 0 saturated carbocycles. The number of nitrogens with two attached hydrogens (primary N) is 1. The Balaban J connectivity index is 1.85. The molecule has 0 amide bonds. The van der Waals surface area contributed by atoms with E-state index in [0.717, 1.165) is 24.8 Å². The van der Waals surface area contributed by atoms with Crippen LogP contribution in [0.1, 0.15) is 23.1 Å². The highest BCUT2D eigenvalue weighted by molar-refractivity contribution is 5.82. The Kier molecular flexibility index (Phi) is 2.79. The lowest BCUT2D eigenvalue weighted by atomic mass is 9.74. The summed E-state index contributed by atoms with van der Waals surface area (Å²) in [6.45, 7) is 0. The average molecular weight is 274 g/mol. The Morgan fingerprint density at radius 1 is 0.905 bits per heavy atom. The van der Waals surface area contributed by atoms with E-state index < -0.39 is 0 Å². The third kappa shape index (κ3) is 2.03. The molecule has 2 heteroatoms. The van der Waals surface area contributed by atoms with Gasteiger partial charge in [0.05, 0.1) is 5.52 Å². The highest BCUT2D eigenvalue weighted by atomic mass is 14.8. The number of hydrogen-bond donors (Lipinski definition) is 1. The molecule has 0 spiro atoms. The van der Waals surface area contributed by atoms with Crippen molar-refractivity contribution >= 4 is 10.9 Å². The van der Waals surface area contributed by atoms with Crippen LogP contribution < -0.4 is 5.73 Å². The number of aromatic nitrogens is 1. The van der Waals surface area contributed by atoms with Crippen molar-refractivity contribution in [1.82, 2.24) is 4.98 Å². The first-order valence-corrected chi connectivity index (χ1v) is 7.46. The second-order valence-electron chi connectivity index (χ2n) is 5.98. The fourth-order valence-corrected chi connectivity index (χ4v) is 3.50. The lowest BCUT2D eigenvalue weighted by Crippen LogP contribution is -2.42. The van der Waals surface area contributed by atoms with Crippen LogP contribution in [0.3, 0.4) is 0 Å². The standard InChI is InChI=1S/C19H18N2/c20-19(11-10-14-5-1-2-6-16(14)13-19)17-9-3-7-15-8-4-12-21-18(15)17/h1-9,12H,10-11,13,20H2. The smallest absolute Gasteiger partial charge is 0.0752 e. The van der Waals surface area contributed by atoms with E-state index in [1.54, 1.807) is 0 Å². The van der Waals surface area contributed by atoms with E-state index in [0.29, 0.717) is 0 Å². The number of hydrogen-bond acceptors (Lipinski definition) is 2. The first-order valence-electron chi connectivity index (χ1n) is 7.46. The number of pyridine rings is 1. The predicted molar refractivity (Wildman–Crippen MR) is 86.1 cm³/mol. The van der Waals surface area contributed by atoms with Crippen molar-refractivity contribution in [3.05, 3.63) is 77.5 Å². The zero-order chi connectivity index (χ0) is 14.3. The highest BCUT2D eigenvalue weighted by Crippen LogP contribution is 2.36. The quantitative estimate of drug-likeness (QED) is 0.736. The van der Waals surface area contributed by atoms with Gasteiger partial charge in [0.25, 0.3) is 0 Å². The summed E-state index contributed by atoms with van der Waals surface area (Å²) in [6, 6.07) is 19.1. The van der Waals surface area contributed by atoms with Gasteiger partial charge >= 0.3 is 0 Å². The molecule has 1 heterocycles. The van der Waals surface area contributed by atoms with Gasteiger partial charge in [0.1, 0.15) is 0 Å². The van der Waals surface area contributed by atoms with Gasteiger partial charge in [0.15, 0.2) is 0 Å². The molecule has 1 aromatic heterocycles. The fourth-order valence-electron chi connectivity index (χ4n) is 3.50. The molecule has 104 valence electrons. The minimum atomic E-state index is -0.317. The Labute approximate surface area is 124 Å². The van der Waals surface area contributed by atoms with Crippen molar-refractivity contribution in [2.75, 3.05) is 0 Å². The van der Waals surface area contributed by atoms with Crippen molar-refractivity contribution in [1.29, 1.82) is 0 Å². The zero-order valence-electron chi connectivity index (χ0n) is 11.9. The molecular formula is C19H18N2. The van der Waals surface area contributed by atoms with Gasteiger partial charge in [-0.2, -0.15) is 0 Å². The summed E-state index contributed by atoms with van der Waals surface area (Å²) in [7, 11) is 0. The van der Waals surface area contributed by atoms with Crippen LogP contribution in [0.15, 0.2) is 60.8 Å². The molecule has 2 aromatic carbocycles. The Morgan fingerprint density at radius 3 is 2.62 bits per heavy atom. The van der Waals surface area contributed by atoms with E-state index >= 15 is 0 Å². The lowest BCUT2D eigenvalue weighted by molar-refractivity contribution is 0.388. The summed E-state index contributed by atoms with van der Waals surface area (Å²) in [5.41, 5.74) is 11.5. The molecular weight excluding hydrogens is 256 g/mol. The summed E-state index contributed by atoms with van der Waals surface area (Å²) in [4.78, 5) is 4.58. The van der Waals surface area contributed by atoms with Gasteiger partial charge in [-0.3, -0.25) is 4.98 Å². The molecule has 0 radical (unpaired) electrons. The number of nitrogens with zero attached hydrogens (tertiary/aromatic N) is 1. The molecule has 0 aliphatic heterocycles. The Bertz CT molecular complexity index is 804. The Hall–Kier alpha value is -2.19. The number of para-hydroxylation sites is 1. The van der Waals surface area contributed by atoms with Gasteiger partial charge < -0.3 is 5.73 Å². The molecule has 3 aromatic rings. The molecule has 4 rings (SSSR count). The zero-order valence-corrected chi connectivity index (χ0v) is 11.9. The molecule has 0 bridgehead atoms. The van der Waals surface area contributed by atoms with E-state index in [-0.39, 0.29) is 5.54 Å². The van der Waals surface area contributed by atoms with Gasteiger partial charge in [-0.05, 0) is 42.0 Å². The number of benzene rings is 2. The van der Waals surface area contributed by atoms with Gasteiger partial charge in [0.2, 0.25) is 0 Å². The van der Waals surface area contributed by atoms with E-state index in [4.69, 9.17) is 5.73 Å². The van der Waals surface area contributed by atoms with Gasteiger partial charge in [0, 0.05) is 17.1 Å². The molecule has 0 fully saturated rings. The maximum Gasteiger partial charge on any atom is 0.0752 e. The largest absolute Gasteiger partial charge is 0.321 e. The predicted octanol–water partition coefficient (Wildman–Crippen LogP) is 3.58. The van der Waals surface area contributed by atoms with Gasteiger partial charge in [-0.25, -0.2) is 0 Å². The normalized spacial score (nSPS) is 21.2. The van der Waals surface area contributed by atoms with Crippen LogP contribution >= 0.6 is 0 Å². The minimum Gasteiger partial charge on any atom is -0.321 e. The number of aryl methyl sites for hydroxylation is 1. The number of rotatable bonds is 1. The maximum absolute atomic E-state index is 6.82. The van der Waals surface area contributed by atoms with Crippen LogP contribution in [0.5, 0.6) is 0 Å². The molecule has 1 unspecified atom stereocenters. The van der Waals surface area contributed by atoms with Crippen LogP contribution in [-0.2, 0) is 18.4 Å². The monoisotopic (exact) mass is 274 g/mol. The highest BCUT2D eigenvalue weighted by Gasteiger charge is 2.33. The lowest BCUT2D eigenvalue weighted by Gasteiger charge is -2.35. The molecule has 0 saturated heterocycles. The third-order valence-electron chi connectivity index (χ3n) is 4.63. The first-order chi connectivity index (χ1) is 10.3. The average Bonchev–Trinajstić information content (AvgIpc) is 2.54. The van der Waals surface area contributed by atoms with Gasteiger partial charge in [-0.1, -0.05) is 48.5 Å². The molecule has 1 aliphatic carbocycles. The number of fused-ring (bicyclic) bond motifs is 2. The van der Waals surface area contributed by atoms with E-state index in [1.165, 1.54) is 22.1 Å². The second-order valence-corrected chi connectivity index (χ2v) is 5.98. The molecule has 2 nitrogen and oxygen atoms in total. The van der Waals surface area contributed by atoms with Gasteiger partial charge in [-0.15, -0.1) is 0 Å². The van der Waals surface area contributed by atoms with Crippen molar-refractivity contribution in [3.63, 3.8) is 0 Å². The van der Waals surface area contributed by atoms with E-state index in [1.807, 2.05) is 12.3 Å².